The van der Waals surface area contributed by atoms with E-state index in [-0.39, 0.29) is 0 Å². The third-order valence-corrected chi connectivity index (χ3v) is 2.15. The topological polar surface area (TPSA) is 73.1 Å². The first kappa shape index (κ1) is 11.2. The van der Waals surface area contributed by atoms with Crippen molar-refractivity contribution in [2.75, 3.05) is 24.2 Å². The average molecular weight is 230 g/mol. The lowest BCUT2D eigenvalue weighted by atomic mass is 10.3. The van der Waals surface area contributed by atoms with Crippen molar-refractivity contribution in [2.45, 2.75) is 0 Å². The highest BCUT2D eigenvalue weighted by atomic mass is 16.5. The number of anilines is 2. The number of benzene rings is 1. The van der Waals surface area contributed by atoms with E-state index < -0.39 is 0 Å². The van der Waals surface area contributed by atoms with Gasteiger partial charge in [-0.15, -0.1) is 0 Å². The van der Waals surface area contributed by atoms with Gasteiger partial charge in [0.2, 0.25) is 0 Å². The minimum absolute atomic E-state index is 0.519. The predicted molar refractivity (Wildman–Crippen MR) is 66.9 cm³/mol. The Morgan fingerprint density at radius 3 is 2.88 bits per heavy atom. The number of aromatic nitrogens is 2. The average Bonchev–Trinajstić information content (AvgIpc) is 2.38. The maximum Gasteiger partial charge on any atom is 0.144 e. The van der Waals surface area contributed by atoms with Gasteiger partial charge in [0.15, 0.2) is 0 Å². The van der Waals surface area contributed by atoms with E-state index in [2.05, 4.69) is 15.3 Å². The molecule has 3 N–H and O–H groups in total. The van der Waals surface area contributed by atoms with Gasteiger partial charge in [-0.2, -0.15) is 0 Å². The van der Waals surface area contributed by atoms with Gasteiger partial charge < -0.3 is 15.8 Å². The molecular formula is C12H14N4O. The van der Waals surface area contributed by atoms with E-state index in [9.17, 15) is 0 Å². The fourth-order valence-corrected chi connectivity index (χ4v) is 1.34. The lowest BCUT2D eigenvalue weighted by Crippen LogP contribution is -2.12. The van der Waals surface area contributed by atoms with Crippen LogP contribution in [0.25, 0.3) is 0 Å². The molecule has 0 atom stereocenters. The van der Waals surface area contributed by atoms with E-state index in [0.29, 0.717) is 24.6 Å². The Hall–Kier alpha value is -2.30. The van der Waals surface area contributed by atoms with Crippen molar-refractivity contribution >= 4 is 11.5 Å². The number of nitrogens with zero attached hydrogens (tertiary/aromatic N) is 2. The molecular weight excluding hydrogens is 216 g/mol. The van der Waals surface area contributed by atoms with Crippen LogP contribution in [-0.4, -0.2) is 23.1 Å². The molecule has 0 fully saturated rings. The van der Waals surface area contributed by atoms with Crippen LogP contribution in [0.3, 0.4) is 0 Å². The van der Waals surface area contributed by atoms with E-state index in [1.165, 1.54) is 0 Å². The monoisotopic (exact) mass is 230 g/mol. The van der Waals surface area contributed by atoms with Gasteiger partial charge >= 0.3 is 0 Å². The number of nitrogen functional groups attached to an aromatic ring is 1. The van der Waals surface area contributed by atoms with Gasteiger partial charge in [-0.3, -0.25) is 4.98 Å². The van der Waals surface area contributed by atoms with E-state index in [0.717, 1.165) is 5.82 Å². The zero-order chi connectivity index (χ0) is 11.9. The summed E-state index contributed by atoms with van der Waals surface area (Å²) in [6.07, 6.45) is 4.93. The number of nitrogens with one attached hydrogen (secondary N) is 1. The van der Waals surface area contributed by atoms with Crippen molar-refractivity contribution in [3.63, 3.8) is 0 Å². The summed E-state index contributed by atoms with van der Waals surface area (Å²) >= 11 is 0. The van der Waals surface area contributed by atoms with E-state index >= 15 is 0 Å². The first-order valence-corrected chi connectivity index (χ1v) is 5.33. The molecule has 0 aliphatic carbocycles. The zero-order valence-electron chi connectivity index (χ0n) is 9.34. The summed E-state index contributed by atoms with van der Waals surface area (Å²) in [6, 6.07) is 7.42. The van der Waals surface area contributed by atoms with Crippen LogP contribution in [-0.2, 0) is 0 Å². The molecule has 5 heteroatoms. The summed E-state index contributed by atoms with van der Waals surface area (Å²) < 4.78 is 5.52. The molecule has 0 aliphatic rings. The highest BCUT2D eigenvalue weighted by molar-refractivity contribution is 5.51. The lowest BCUT2D eigenvalue weighted by molar-refractivity contribution is 0.334. The molecule has 1 heterocycles. The fourth-order valence-electron chi connectivity index (χ4n) is 1.34. The highest BCUT2D eigenvalue weighted by Crippen LogP contribution is 2.19. The summed E-state index contributed by atoms with van der Waals surface area (Å²) in [6.45, 7) is 1.16. The molecule has 2 rings (SSSR count). The fraction of sp³-hybridized carbons (Fsp3) is 0.167. The largest absolute Gasteiger partial charge is 0.490 e. The van der Waals surface area contributed by atoms with E-state index in [4.69, 9.17) is 10.5 Å². The second-order valence-corrected chi connectivity index (χ2v) is 3.40. The van der Waals surface area contributed by atoms with Crippen molar-refractivity contribution in [3.05, 3.63) is 42.9 Å². The van der Waals surface area contributed by atoms with Crippen molar-refractivity contribution in [2.24, 2.45) is 0 Å². The third kappa shape index (κ3) is 3.34. The Kier molecular flexibility index (Phi) is 3.75. The number of hydrogen-bond acceptors (Lipinski definition) is 5. The normalized spacial score (nSPS) is 9.88. The Morgan fingerprint density at radius 1 is 1.24 bits per heavy atom. The van der Waals surface area contributed by atoms with Gasteiger partial charge in [-0.25, -0.2) is 4.98 Å². The Morgan fingerprint density at radius 2 is 2.12 bits per heavy atom. The third-order valence-electron chi connectivity index (χ3n) is 2.15. The van der Waals surface area contributed by atoms with Crippen LogP contribution in [0.1, 0.15) is 0 Å². The Labute approximate surface area is 99.7 Å². The van der Waals surface area contributed by atoms with Crippen LogP contribution in [0, 0.1) is 0 Å². The molecule has 0 unspecified atom stereocenters. The van der Waals surface area contributed by atoms with E-state index in [1.807, 2.05) is 24.3 Å². The van der Waals surface area contributed by atoms with Gasteiger partial charge in [0.05, 0.1) is 18.4 Å². The summed E-state index contributed by atoms with van der Waals surface area (Å²) in [5.41, 5.74) is 6.39. The van der Waals surface area contributed by atoms with Gasteiger partial charge in [0.1, 0.15) is 18.2 Å². The first-order valence-electron chi connectivity index (χ1n) is 5.33. The van der Waals surface area contributed by atoms with Gasteiger partial charge in [0.25, 0.3) is 0 Å². The van der Waals surface area contributed by atoms with E-state index in [1.54, 1.807) is 18.6 Å². The number of hydrogen-bond donors (Lipinski definition) is 2. The second kappa shape index (κ2) is 5.69. The molecule has 0 spiro atoms. The molecule has 88 valence electrons. The van der Waals surface area contributed by atoms with Crippen LogP contribution >= 0.6 is 0 Å². The summed E-state index contributed by atoms with van der Waals surface area (Å²) in [7, 11) is 0. The smallest absolute Gasteiger partial charge is 0.144 e. The van der Waals surface area contributed by atoms with Crippen molar-refractivity contribution in [1.82, 2.24) is 9.97 Å². The standard InChI is InChI=1S/C12H14N4O/c13-10-3-1-2-4-11(10)17-8-7-16-12-9-14-5-6-15-12/h1-6,9H,7-8,13H2,(H,15,16). The van der Waals surface area contributed by atoms with Crippen LogP contribution in [0.2, 0.25) is 0 Å². The van der Waals surface area contributed by atoms with Crippen molar-refractivity contribution in [1.29, 1.82) is 0 Å². The SMILES string of the molecule is Nc1ccccc1OCCNc1cnccn1. The predicted octanol–water partition coefficient (Wildman–Crippen LogP) is 1.55. The second-order valence-electron chi connectivity index (χ2n) is 3.40. The summed E-state index contributed by atoms with van der Waals surface area (Å²) in [5, 5.41) is 3.09. The zero-order valence-corrected chi connectivity index (χ0v) is 9.34. The highest BCUT2D eigenvalue weighted by Gasteiger charge is 1.98. The van der Waals surface area contributed by atoms with Crippen LogP contribution < -0.4 is 15.8 Å². The van der Waals surface area contributed by atoms with Gasteiger partial charge in [-0.05, 0) is 12.1 Å². The number of nitrogens with two attached hydrogens (primary N) is 1. The number of ether oxygens (including phenoxy) is 1. The summed E-state index contributed by atoms with van der Waals surface area (Å²) in [5.74, 6) is 1.44. The molecule has 0 saturated heterocycles. The van der Waals surface area contributed by atoms with Crippen LogP contribution in [0.4, 0.5) is 11.5 Å². The summed E-state index contributed by atoms with van der Waals surface area (Å²) in [4.78, 5) is 8.04. The molecule has 0 bridgehead atoms. The number of rotatable bonds is 5. The molecule has 0 aliphatic heterocycles. The molecule has 0 saturated carbocycles. The molecule has 2 aromatic rings. The molecule has 0 radical (unpaired) electrons. The lowest BCUT2D eigenvalue weighted by Gasteiger charge is -2.09. The minimum atomic E-state index is 0.519. The Bertz CT molecular complexity index is 461. The quantitative estimate of drug-likeness (QED) is 0.602. The Balaban J connectivity index is 1.76. The maximum atomic E-state index is 5.75. The van der Waals surface area contributed by atoms with Crippen molar-refractivity contribution < 1.29 is 4.74 Å². The van der Waals surface area contributed by atoms with Gasteiger partial charge in [-0.1, -0.05) is 12.1 Å². The first-order chi connectivity index (χ1) is 8.36. The van der Waals surface area contributed by atoms with Crippen molar-refractivity contribution in [3.8, 4) is 5.75 Å². The molecule has 0 amide bonds. The molecule has 5 nitrogen and oxygen atoms in total. The van der Waals surface area contributed by atoms with Crippen LogP contribution in [0.5, 0.6) is 5.75 Å². The number of para-hydroxylation sites is 2. The minimum Gasteiger partial charge on any atom is -0.490 e. The molecule has 1 aromatic heterocycles. The van der Waals surface area contributed by atoms with Crippen LogP contribution in [0.15, 0.2) is 42.9 Å². The maximum absolute atomic E-state index is 5.75. The molecule has 1 aromatic carbocycles. The van der Waals surface area contributed by atoms with Gasteiger partial charge in [0, 0.05) is 12.4 Å². The molecule has 17 heavy (non-hydrogen) atoms.